The van der Waals surface area contributed by atoms with Crippen molar-refractivity contribution in [2.45, 2.75) is 31.5 Å². The van der Waals surface area contributed by atoms with Gasteiger partial charge >= 0.3 is 12.2 Å². The number of alkyl halides is 3. The van der Waals surface area contributed by atoms with E-state index in [1.807, 2.05) is 0 Å². The Morgan fingerprint density at radius 3 is 2.38 bits per heavy atom. The molecule has 1 saturated carbocycles. The summed E-state index contributed by atoms with van der Waals surface area (Å²) in [5, 5.41) is 10.6. The number of hydrogen-bond donors (Lipinski definition) is 1. The van der Waals surface area contributed by atoms with Crippen LogP contribution in [0.3, 0.4) is 0 Å². The van der Waals surface area contributed by atoms with Gasteiger partial charge in [-0.3, -0.25) is 19.1 Å². The summed E-state index contributed by atoms with van der Waals surface area (Å²) in [5.74, 6) is -6.62. The minimum atomic E-state index is -4.81. The van der Waals surface area contributed by atoms with E-state index in [-0.39, 0.29) is 31.7 Å². The number of pyridine rings is 2. The maximum absolute atomic E-state index is 14.9. The van der Waals surface area contributed by atoms with Gasteiger partial charge in [-0.15, -0.1) is 0 Å². The number of carbonyl (C=O) groups excluding carboxylic acids is 2. The molecule has 2 aliphatic rings. The highest BCUT2D eigenvalue weighted by Gasteiger charge is 2.50. The van der Waals surface area contributed by atoms with E-state index in [1.165, 1.54) is 6.07 Å². The van der Waals surface area contributed by atoms with Crippen molar-refractivity contribution in [2.75, 3.05) is 18.0 Å². The van der Waals surface area contributed by atoms with E-state index < -0.39 is 75.2 Å². The normalized spacial score (nSPS) is 16.7. The SMILES string of the molecule is N#CN1CCCN(c2ccc3c(=O)c(C(=O)NC(C4CC4)C(F)(F)F)cn(-c4c(F)cc(F)cc4F)c3n2)C1=O. The van der Waals surface area contributed by atoms with E-state index in [4.69, 9.17) is 0 Å². The predicted octanol–water partition coefficient (Wildman–Crippen LogP) is 3.99. The molecule has 2 fully saturated rings. The van der Waals surface area contributed by atoms with Gasteiger partial charge in [0.15, 0.2) is 23.5 Å². The molecule has 40 heavy (non-hydrogen) atoms. The molecule has 1 aliphatic carbocycles. The van der Waals surface area contributed by atoms with E-state index in [0.29, 0.717) is 29.3 Å². The van der Waals surface area contributed by atoms with E-state index in [0.717, 1.165) is 15.9 Å². The standard InChI is InChI=1S/C25H18F6N6O3/c26-13-8-16(27)19(17(28)9-13)37-10-15(23(39)34-21(12-2-3-12)25(29,30)31)20(38)14-4-5-18(33-22(14)37)36-7-1-6-35(11-32)24(36)40/h4-5,8-10,12,21H,1-3,6-7H2,(H,34,39). The molecule has 3 heterocycles. The summed E-state index contributed by atoms with van der Waals surface area (Å²) in [6, 6.07) is -0.0448. The van der Waals surface area contributed by atoms with Gasteiger partial charge in [0, 0.05) is 31.4 Å². The lowest BCUT2D eigenvalue weighted by Gasteiger charge is -2.30. The Labute approximate surface area is 221 Å². The first kappa shape index (κ1) is 27.0. The monoisotopic (exact) mass is 564 g/mol. The van der Waals surface area contributed by atoms with Crippen LogP contribution in [-0.4, -0.2) is 51.7 Å². The number of rotatable bonds is 5. The number of nitrogens with zero attached hydrogens (tertiary/aromatic N) is 5. The number of halogens is 6. The van der Waals surface area contributed by atoms with Crippen LogP contribution in [0.2, 0.25) is 0 Å². The number of fused-ring (bicyclic) bond motifs is 1. The van der Waals surface area contributed by atoms with Crippen molar-refractivity contribution in [1.29, 1.82) is 5.26 Å². The fraction of sp³-hybridized carbons (Fsp3) is 0.320. The molecule has 1 unspecified atom stereocenters. The number of anilines is 1. The first-order valence-corrected chi connectivity index (χ1v) is 12.0. The fourth-order valence-corrected chi connectivity index (χ4v) is 4.59. The molecule has 1 aromatic carbocycles. The third-order valence-corrected chi connectivity index (χ3v) is 6.66. The van der Waals surface area contributed by atoms with Crippen LogP contribution in [-0.2, 0) is 0 Å². The number of amides is 3. The molecule has 15 heteroatoms. The Bertz CT molecular complexity index is 1620. The van der Waals surface area contributed by atoms with Crippen LogP contribution in [0, 0.1) is 34.8 Å². The van der Waals surface area contributed by atoms with Crippen LogP contribution in [0.15, 0.2) is 35.3 Å². The van der Waals surface area contributed by atoms with Crippen molar-refractivity contribution >= 4 is 28.8 Å². The molecular formula is C25H18F6N6O3. The number of nitrogens with one attached hydrogen (secondary N) is 1. The molecule has 3 aromatic rings. The van der Waals surface area contributed by atoms with Crippen LogP contribution < -0.4 is 15.6 Å². The zero-order valence-corrected chi connectivity index (χ0v) is 20.3. The minimum Gasteiger partial charge on any atom is -0.340 e. The van der Waals surface area contributed by atoms with Gasteiger partial charge in [0.25, 0.3) is 5.91 Å². The summed E-state index contributed by atoms with van der Waals surface area (Å²) in [5.41, 5.74) is -3.40. The highest BCUT2D eigenvalue weighted by atomic mass is 19.4. The van der Waals surface area contributed by atoms with E-state index in [1.54, 1.807) is 11.5 Å². The molecule has 0 spiro atoms. The summed E-state index contributed by atoms with van der Waals surface area (Å²) >= 11 is 0. The molecule has 208 valence electrons. The van der Waals surface area contributed by atoms with Gasteiger partial charge in [0.2, 0.25) is 5.43 Å². The fourth-order valence-electron chi connectivity index (χ4n) is 4.59. The van der Waals surface area contributed by atoms with Gasteiger partial charge in [0.05, 0.1) is 5.39 Å². The Kier molecular flexibility index (Phi) is 6.64. The molecule has 1 aliphatic heterocycles. The van der Waals surface area contributed by atoms with Crippen molar-refractivity contribution < 1.29 is 35.9 Å². The lowest BCUT2D eigenvalue weighted by molar-refractivity contribution is -0.158. The Balaban J connectivity index is 1.70. The van der Waals surface area contributed by atoms with Crippen LogP contribution >= 0.6 is 0 Å². The van der Waals surface area contributed by atoms with E-state index in [9.17, 15) is 46.0 Å². The highest BCUT2D eigenvalue weighted by molar-refractivity contribution is 5.98. The number of aromatic nitrogens is 2. The molecule has 1 atom stereocenters. The molecule has 0 bridgehead atoms. The van der Waals surface area contributed by atoms with Crippen molar-refractivity contribution in [3.05, 3.63) is 63.7 Å². The summed E-state index contributed by atoms with van der Waals surface area (Å²) < 4.78 is 84.7. The summed E-state index contributed by atoms with van der Waals surface area (Å²) in [7, 11) is 0. The van der Waals surface area contributed by atoms with Gasteiger partial charge < -0.3 is 5.32 Å². The molecular weight excluding hydrogens is 546 g/mol. The topological polar surface area (TPSA) is 111 Å². The first-order chi connectivity index (χ1) is 18.9. The van der Waals surface area contributed by atoms with Crippen LogP contribution in [0.25, 0.3) is 16.7 Å². The minimum absolute atomic E-state index is 0.111. The molecule has 2 aromatic heterocycles. The average molecular weight is 564 g/mol. The highest BCUT2D eigenvalue weighted by Crippen LogP contribution is 2.40. The summed E-state index contributed by atoms with van der Waals surface area (Å²) in [6.07, 6.45) is -1.68. The molecule has 9 nitrogen and oxygen atoms in total. The number of benzene rings is 1. The van der Waals surface area contributed by atoms with Crippen LogP contribution in [0.5, 0.6) is 0 Å². The third kappa shape index (κ3) is 4.80. The Morgan fingerprint density at radius 1 is 1.10 bits per heavy atom. The lowest BCUT2D eigenvalue weighted by atomic mass is 10.1. The number of hydrogen-bond acceptors (Lipinski definition) is 5. The maximum atomic E-state index is 14.9. The van der Waals surface area contributed by atoms with Crippen LogP contribution in [0.4, 0.5) is 37.0 Å². The second kappa shape index (κ2) is 9.85. The van der Waals surface area contributed by atoms with Gasteiger partial charge in [-0.2, -0.15) is 18.4 Å². The molecule has 5 rings (SSSR count). The zero-order chi connectivity index (χ0) is 28.9. The van der Waals surface area contributed by atoms with Gasteiger partial charge in [-0.25, -0.2) is 27.8 Å². The van der Waals surface area contributed by atoms with Gasteiger partial charge in [-0.05, 0) is 37.3 Å². The molecule has 3 amide bonds. The largest absolute Gasteiger partial charge is 0.408 e. The average Bonchev–Trinajstić information content (AvgIpc) is 3.72. The second-order valence-corrected chi connectivity index (χ2v) is 9.37. The molecule has 1 saturated heterocycles. The van der Waals surface area contributed by atoms with E-state index >= 15 is 0 Å². The molecule has 0 radical (unpaired) electrons. The maximum Gasteiger partial charge on any atom is 0.408 e. The smallest absolute Gasteiger partial charge is 0.340 e. The predicted molar refractivity (Wildman–Crippen MR) is 127 cm³/mol. The van der Waals surface area contributed by atoms with Crippen molar-refractivity contribution in [3.8, 4) is 11.9 Å². The molecule has 1 N–H and O–H groups in total. The van der Waals surface area contributed by atoms with Crippen molar-refractivity contribution in [1.82, 2.24) is 19.8 Å². The Hall–Kier alpha value is -4.61. The zero-order valence-electron chi connectivity index (χ0n) is 20.3. The summed E-state index contributed by atoms with van der Waals surface area (Å²) in [4.78, 5) is 45.0. The Morgan fingerprint density at radius 2 is 1.77 bits per heavy atom. The van der Waals surface area contributed by atoms with Crippen molar-refractivity contribution in [2.24, 2.45) is 5.92 Å². The number of nitriles is 1. The quantitative estimate of drug-likeness (QED) is 0.372. The first-order valence-electron chi connectivity index (χ1n) is 12.0. The lowest BCUT2D eigenvalue weighted by Crippen LogP contribution is -2.48. The third-order valence-electron chi connectivity index (χ3n) is 6.66. The number of urea groups is 1. The van der Waals surface area contributed by atoms with E-state index in [2.05, 4.69) is 4.98 Å². The van der Waals surface area contributed by atoms with Crippen LogP contribution in [0.1, 0.15) is 29.6 Å². The van der Waals surface area contributed by atoms with Gasteiger partial charge in [-0.1, -0.05) is 0 Å². The number of carbonyl (C=O) groups is 2. The van der Waals surface area contributed by atoms with Crippen molar-refractivity contribution in [3.63, 3.8) is 0 Å². The summed E-state index contributed by atoms with van der Waals surface area (Å²) in [6.45, 7) is 0.258. The van der Waals surface area contributed by atoms with Gasteiger partial charge in [0.1, 0.15) is 28.9 Å². The second-order valence-electron chi connectivity index (χ2n) is 9.37.